The average molecular weight is 386 g/mol. The van der Waals surface area contributed by atoms with E-state index in [-0.39, 0.29) is 5.13 Å². The molecule has 1 N–H and O–H groups in total. The zero-order valence-corrected chi connectivity index (χ0v) is 15.3. The van der Waals surface area contributed by atoms with Crippen molar-refractivity contribution in [3.8, 4) is 5.75 Å². The van der Waals surface area contributed by atoms with E-state index < -0.39 is 29.7 Å². The zero-order chi connectivity index (χ0) is 19.3. The van der Waals surface area contributed by atoms with Crippen LogP contribution in [-0.2, 0) is 9.59 Å². The van der Waals surface area contributed by atoms with E-state index in [9.17, 15) is 19.1 Å². The predicted molar refractivity (Wildman–Crippen MR) is 99.2 cm³/mol. The summed E-state index contributed by atoms with van der Waals surface area (Å²) >= 11 is 1.04. The average Bonchev–Trinajstić information content (AvgIpc) is 3.02. The molecule has 1 aliphatic heterocycles. The number of hydrogen-bond acceptors (Lipinski definition) is 5. The van der Waals surface area contributed by atoms with Gasteiger partial charge < -0.3 is 9.84 Å². The fourth-order valence-corrected chi connectivity index (χ4v) is 4.13. The van der Waals surface area contributed by atoms with Gasteiger partial charge in [0.2, 0.25) is 0 Å². The summed E-state index contributed by atoms with van der Waals surface area (Å²) in [6, 6.07) is 9.82. The van der Waals surface area contributed by atoms with Gasteiger partial charge in [0.15, 0.2) is 10.7 Å². The van der Waals surface area contributed by atoms with Crippen LogP contribution in [0.1, 0.15) is 18.9 Å². The number of para-hydroxylation sites is 1. The van der Waals surface area contributed by atoms with Crippen molar-refractivity contribution in [2.24, 2.45) is 0 Å². The van der Waals surface area contributed by atoms with Crippen molar-refractivity contribution in [3.05, 3.63) is 47.8 Å². The van der Waals surface area contributed by atoms with Gasteiger partial charge in [0.25, 0.3) is 5.91 Å². The Morgan fingerprint density at radius 2 is 2.07 bits per heavy atom. The third kappa shape index (κ3) is 2.73. The number of aryl methyl sites for hydroxylation is 1. The Hall–Kier alpha value is -3.00. The maximum absolute atomic E-state index is 14.1. The monoisotopic (exact) mass is 386 g/mol. The van der Waals surface area contributed by atoms with E-state index in [1.54, 1.807) is 24.3 Å². The fraction of sp³-hybridized carbons (Fsp3) is 0.211. The standard InChI is InChI=1S/C19H15FN2O4S/c1-10-5-3-8-13-15(10)26-19(2,9-14(23)24)17(25)22(13)18-21-12-7-4-6-11(20)16(12)27-18/h3-8H,9H2,1-2H3,(H,23,24). The topological polar surface area (TPSA) is 79.7 Å². The number of halogens is 1. The molecule has 1 atom stereocenters. The summed E-state index contributed by atoms with van der Waals surface area (Å²) in [6.45, 7) is 3.26. The first kappa shape index (κ1) is 17.4. The van der Waals surface area contributed by atoms with Gasteiger partial charge in [0.1, 0.15) is 11.6 Å². The Labute approximate surface area is 157 Å². The predicted octanol–water partition coefficient (Wildman–Crippen LogP) is 4.03. The molecule has 0 saturated carbocycles. The Kier molecular flexibility index (Phi) is 3.88. The lowest BCUT2D eigenvalue weighted by Crippen LogP contribution is -2.53. The molecule has 1 amide bonds. The highest BCUT2D eigenvalue weighted by Crippen LogP contribution is 2.46. The molecule has 0 saturated heterocycles. The molecule has 2 aromatic carbocycles. The second kappa shape index (κ2) is 6.02. The van der Waals surface area contributed by atoms with Crippen LogP contribution in [0.3, 0.4) is 0 Å². The quantitative estimate of drug-likeness (QED) is 0.735. The number of aromatic nitrogens is 1. The van der Waals surface area contributed by atoms with Crippen molar-refractivity contribution in [2.75, 3.05) is 4.90 Å². The van der Waals surface area contributed by atoms with Gasteiger partial charge in [-0.15, -0.1) is 0 Å². The molecular weight excluding hydrogens is 371 g/mol. The number of rotatable bonds is 3. The molecule has 27 heavy (non-hydrogen) atoms. The molecule has 0 radical (unpaired) electrons. The van der Waals surface area contributed by atoms with Crippen molar-refractivity contribution in [2.45, 2.75) is 25.9 Å². The number of aliphatic carboxylic acids is 1. The summed E-state index contributed by atoms with van der Waals surface area (Å²) in [4.78, 5) is 30.3. The number of carbonyl (C=O) groups excluding carboxylic acids is 1. The van der Waals surface area contributed by atoms with Crippen LogP contribution in [0, 0.1) is 12.7 Å². The van der Waals surface area contributed by atoms with Crippen molar-refractivity contribution >= 4 is 44.2 Å². The SMILES string of the molecule is Cc1cccc2c1OC(C)(CC(=O)O)C(=O)N2c1nc2cccc(F)c2s1. The Morgan fingerprint density at radius 3 is 2.78 bits per heavy atom. The molecule has 0 aliphatic carbocycles. The zero-order valence-electron chi connectivity index (χ0n) is 14.5. The van der Waals surface area contributed by atoms with Gasteiger partial charge in [0, 0.05) is 0 Å². The lowest BCUT2D eigenvalue weighted by molar-refractivity contribution is -0.148. The molecule has 8 heteroatoms. The minimum atomic E-state index is -1.60. The van der Waals surface area contributed by atoms with E-state index in [2.05, 4.69) is 4.98 Å². The van der Waals surface area contributed by atoms with Crippen LogP contribution in [0.15, 0.2) is 36.4 Å². The molecule has 3 aromatic rings. The summed E-state index contributed by atoms with van der Waals surface area (Å²) in [5.41, 5.74) is 0.0566. The van der Waals surface area contributed by atoms with Crippen LogP contribution in [0.4, 0.5) is 15.2 Å². The molecule has 0 spiro atoms. The van der Waals surface area contributed by atoms with Crippen molar-refractivity contribution < 1.29 is 23.8 Å². The maximum Gasteiger partial charge on any atom is 0.307 e. The third-order valence-corrected chi connectivity index (χ3v) is 5.52. The van der Waals surface area contributed by atoms with Gasteiger partial charge in [-0.1, -0.05) is 29.5 Å². The summed E-state index contributed by atoms with van der Waals surface area (Å²) in [5, 5.41) is 9.53. The minimum Gasteiger partial charge on any atom is -0.481 e. The molecule has 2 heterocycles. The highest BCUT2D eigenvalue weighted by molar-refractivity contribution is 7.22. The molecule has 0 fully saturated rings. The molecule has 6 nitrogen and oxygen atoms in total. The summed E-state index contributed by atoms with van der Waals surface area (Å²) in [7, 11) is 0. The number of anilines is 2. The summed E-state index contributed by atoms with van der Waals surface area (Å²) in [6.07, 6.45) is -0.505. The van der Waals surface area contributed by atoms with E-state index in [0.29, 0.717) is 21.7 Å². The van der Waals surface area contributed by atoms with E-state index >= 15 is 0 Å². The first-order valence-corrected chi connectivity index (χ1v) is 9.02. The lowest BCUT2D eigenvalue weighted by atomic mass is 9.96. The van der Waals surface area contributed by atoms with E-state index in [4.69, 9.17) is 4.74 Å². The van der Waals surface area contributed by atoms with Gasteiger partial charge in [0.05, 0.1) is 22.3 Å². The van der Waals surface area contributed by atoms with Gasteiger partial charge in [-0.05, 0) is 37.6 Å². The number of benzene rings is 2. The highest BCUT2D eigenvalue weighted by atomic mass is 32.1. The molecule has 0 bridgehead atoms. The van der Waals surface area contributed by atoms with E-state index in [0.717, 1.165) is 16.9 Å². The molecule has 4 rings (SSSR count). The van der Waals surface area contributed by atoms with E-state index in [1.807, 2.05) is 13.0 Å². The lowest BCUT2D eigenvalue weighted by Gasteiger charge is -2.39. The molecule has 138 valence electrons. The van der Waals surface area contributed by atoms with Crippen molar-refractivity contribution in [1.82, 2.24) is 4.98 Å². The van der Waals surface area contributed by atoms with Crippen LogP contribution in [0.2, 0.25) is 0 Å². The minimum absolute atomic E-state index is 0.270. The van der Waals surface area contributed by atoms with Crippen LogP contribution in [0.25, 0.3) is 10.2 Å². The Bertz CT molecular complexity index is 1100. The van der Waals surface area contributed by atoms with Crippen LogP contribution in [-0.4, -0.2) is 27.6 Å². The van der Waals surface area contributed by atoms with Crippen molar-refractivity contribution in [1.29, 1.82) is 0 Å². The number of amides is 1. The number of carboxylic acid groups (broad SMARTS) is 1. The Morgan fingerprint density at radius 1 is 1.33 bits per heavy atom. The molecular formula is C19H15FN2O4S. The first-order valence-electron chi connectivity index (χ1n) is 8.20. The number of hydrogen-bond donors (Lipinski definition) is 1. The summed E-state index contributed by atoms with van der Waals surface area (Å²) < 4.78 is 20.3. The number of carboxylic acids is 1. The van der Waals surface area contributed by atoms with Crippen LogP contribution in [0.5, 0.6) is 5.75 Å². The van der Waals surface area contributed by atoms with Crippen LogP contribution >= 0.6 is 11.3 Å². The smallest absolute Gasteiger partial charge is 0.307 e. The largest absolute Gasteiger partial charge is 0.481 e. The van der Waals surface area contributed by atoms with E-state index in [1.165, 1.54) is 17.9 Å². The second-order valence-electron chi connectivity index (χ2n) is 6.55. The summed E-state index contributed by atoms with van der Waals surface area (Å²) in [5.74, 6) is -1.71. The number of ether oxygens (including phenoxy) is 1. The first-order chi connectivity index (χ1) is 12.8. The molecule has 1 aromatic heterocycles. The van der Waals surface area contributed by atoms with Gasteiger partial charge in [-0.3, -0.25) is 9.59 Å². The molecule has 1 aliphatic rings. The van der Waals surface area contributed by atoms with Crippen molar-refractivity contribution in [3.63, 3.8) is 0 Å². The third-order valence-electron chi connectivity index (χ3n) is 4.45. The second-order valence-corrected chi connectivity index (χ2v) is 7.53. The highest BCUT2D eigenvalue weighted by Gasteiger charge is 2.48. The fourth-order valence-electron chi connectivity index (χ4n) is 3.15. The van der Waals surface area contributed by atoms with Gasteiger partial charge >= 0.3 is 5.97 Å². The number of thiazole rings is 1. The van der Waals surface area contributed by atoms with Gasteiger partial charge in [-0.25, -0.2) is 14.3 Å². The normalized spacial score (nSPS) is 19.1. The Balaban J connectivity index is 1.94. The maximum atomic E-state index is 14.1. The number of fused-ring (bicyclic) bond motifs is 2. The van der Waals surface area contributed by atoms with Crippen LogP contribution < -0.4 is 9.64 Å². The van der Waals surface area contributed by atoms with Gasteiger partial charge in [-0.2, -0.15) is 0 Å². The number of nitrogens with zero attached hydrogens (tertiary/aromatic N) is 2. The number of carbonyl (C=O) groups is 2. The molecule has 1 unspecified atom stereocenters.